The summed E-state index contributed by atoms with van der Waals surface area (Å²) in [6.07, 6.45) is 5.75. The Morgan fingerprint density at radius 3 is 2.37 bits per heavy atom. The molecule has 1 aliphatic heterocycles. The summed E-state index contributed by atoms with van der Waals surface area (Å²) in [4.78, 5) is 18.8. The van der Waals surface area contributed by atoms with Crippen LogP contribution in [0.3, 0.4) is 0 Å². The van der Waals surface area contributed by atoms with Crippen LogP contribution in [0.1, 0.15) is 44.1 Å². The molecule has 0 bridgehead atoms. The Morgan fingerprint density at radius 1 is 1.00 bits per heavy atom. The summed E-state index contributed by atoms with van der Waals surface area (Å²) in [5.74, 6) is 1.56. The number of benzene rings is 1. The molecule has 0 saturated carbocycles. The lowest BCUT2D eigenvalue weighted by molar-refractivity contribution is 0.444. The second-order valence-electron chi connectivity index (χ2n) is 8.01. The molecule has 156 valence electrons. The molecule has 0 atom stereocenters. The van der Waals surface area contributed by atoms with Crippen molar-refractivity contribution in [2.24, 2.45) is 0 Å². The van der Waals surface area contributed by atoms with Crippen LogP contribution in [-0.2, 0) is 0 Å². The standard InChI is InChI=1S/C23H27FN6/c1-14(2)28-23-27-13-20(16-4-6-18(24)7-5-16)21(30-23)19-12-26-22(29-15(19)3)17-8-10-25-11-9-17/h4-7,12-14,17,25H,8-11H2,1-3H3,(H,27,28,30). The van der Waals surface area contributed by atoms with E-state index >= 15 is 0 Å². The van der Waals surface area contributed by atoms with E-state index in [0.717, 1.165) is 59.8 Å². The third kappa shape index (κ3) is 4.46. The van der Waals surface area contributed by atoms with Gasteiger partial charge in [0.15, 0.2) is 0 Å². The molecule has 6 nitrogen and oxygen atoms in total. The van der Waals surface area contributed by atoms with Crippen LogP contribution < -0.4 is 10.6 Å². The first kappa shape index (κ1) is 20.3. The van der Waals surface area contributed by atoms with E-state index in [2.05, 4.69) is 15.6 Å². The summed E-state index contributed by atoms with van der Waals surface area (Å²) in [6, 6.07) is 6.58. The second kappa shape index (κ2) is 8.83. The lowest BCUT2D eigenvalue weighted by Gasteiger charge is -2.22. The number of piperidine rings is 1. The number of rotatable bonds is 5. The van der Waals surface area contributed by atoms with Crippen molar-refractivity contribution in [3.63, 3.8) is 0 Å². The Morgan fingerprint density at radius 2 is 1.70 bits per heavy atom. The predicted molar refractivity (Wildman–Crippen MR) is 117 cm³/mol. The number of hydrogen-bond acceptors (Lipinski definition) is 6. The predicted octanol–water partition coefficient (Wildman–Crippen LogP) is 4.34. The fourth-order valence-electron chi connectivity index (χ4n) is 3.75. The SMILES string of the molecule is Cc1nc(C2CCNCC2)ncc1-c1nc(NC(C)C)ncc1-c1ccc(F)cc1. The van der Waals surface area contributed by atoms with Crippen molar-refractivity contribution >= 4 is 5.95 Å². The Balaban J connectivity index is 1.78. The van der Waals surface area contributed by atoms with Crippen LogP contribution in [0.15, 0.2) is 36.7 Å². The van der Waals surface area contributed by atoms with Crippen molar-refractivity contribution in [2.75, 3.05) is 18.4 Å². The minimum atomic E-state index is -0.273. The molecule has 4 rings (SSSR count). The van der Waals surface area contributed by atoms with Gasteiger partial charge >= 0.3 is 0 Å². The van der Waals surface area contributed by atoms with Gasteiger partial charge in [-0.25, -0.2) is 24.3 Å². The zero-order valence-corrected chi connectivity index (χ0v) is 17.6. The highest BCUT2D eigenvalue weighted by atomic mass is 19.1. The maximum atomic E-state index is 13.5. The van der Waals surface area contributed by atoms with Gasteiger partial charge in [0.1, 0.15) is 11.6 Å². The molecule has 1 saturated heterocycles. The van der Waals surface area contributed by atoms with Gasteiger partial charge in [-0.3, -0.25) is 0 Å². The molecule has 7 heteroatoms. The summed E-state index contributed by atoms with van der Waals surface area (Å²) in [5, 5.41) is 6.64. The third-order valence-electron chi connectivity index (χ3n) is 5.32. The largest absolute Gasteiger partial charge is 0.352 e. The quantitative estimate of drug-likeness (QED) is 0.657. The maximum Gasteiger partial charge on any atom is 0.223 e. The van der Waals surface area contributed by atoms with Crippen LogP contribution in [0.25, 0.3) is 22.4 Å². The summed E-state index contributed by atoms with van der Waals surface area (Å²) < 4.78 is 13.5. The van der Waals surface area contributed by atoms with Crippen molar-refractivity contribution in [3.8, 4) is 22.4 Å². The summed E-state index contributed by atoms with van der Waals surface area (Å²) >= 11 is 0. The topological polar surface area (TPSA) is 75.6 Å². The van der Waals surface area contributed by atoms with E-state index in [1.165, 1.54) is 12.1 Å². The second-order valence-corrected chi connectivity index (χ2v) is 8.01. The van der Waals surface area contributed by atoms with E-state index in [9.17, 15) is 4.39 Å². The Bertz CT molecular complexity index is 1010. The number of nitrogens with zero attached hydrogens (tertiary/aromatic N) is 4. The average molecular weight is 407 g/mol. The Kier molecular flexibility index (Phi) is 5.99. The molecule has 2 aromatic heterocycles. The smallest absolute Gasteiger partial charge is 0.223 e. The summed E-state index contributed by atoms with van der Waals surface area (Å²) in [5.41, 5.74) is 4.17. The lowest BCUT2D eigenvalue weighted by Crippen LogP contribution is -2.27. The molecular formula is C23H27FN6. The number of hydrogen-bond donors (Lipinski definition) is 2. The highest BCUT2D eigenvalue weighted by Crippen LogP contribution is 2.33. The molecule has 0 amide bonds. The zero-order valence-electron chi connectivity index (χ0n) is 17.6. The van der Waals surface area contributed by atoms with Gasteiger partial charge < -0.3 is 10.6 Å². The van der Waals surface area contributed by atoms with Crippen molar-refractivity contribution in [1.29, 1.82) is 0 Å². The molecule has 0 unspecified atom stereocenters. The minimum Gasteiger partial charge on any atom is -0.352 e. The van der Waals surface area contributed by atoms with E-state index in [4.69, 9.17) is 15.0 Å². The van der Waals surface area contributed by atoms with Crippen LogP contribution in [-0.4, -0.2) is 39.1 Å². The molecule has 1 fully saturated rings. The molecule has 2 N–H and O–H groups in total. The van der Waals surface area contributed by atoms with Gasteiger partial charge in [-0.05, 0) is 64.4 Å². The number of anilines is 1. The maximum absolute atomic E-state index is 13.5. The molecule has 3 aromatic rings. The van der Waals surface area contributed by atoms with Crippen molar-refractivity contribution < 1.29 is 4.39 Å². The highest BCUT2D eigenvalue weighted by molar-refractivity contribution is 5.81. The first-order valence-corrected chi connectivity index (χ1v) is 10.5. The van der Waals surface area contributed by atoms with Gasteiger partial charge in [-0.1, -0.05) is 12.1 Å². The van der Waals surface area contributed by atoms with E-state index in [-0.39, 0.29) is 11.9 Å². The van der Waals surface area contributed by atoms with Crippen LogP contribution in [0.5, 0.6) is 0 Å². The fourth-order valence-corrected chi connectivity index (χ4v) is 3.75. The first-order chi connectivity index (χ1) is 14.5. The van der Waals surface area contributed by atoms with Gasteiger partial charge in [0.2, 0.25) is 5.95 Å². The van der Waals surface area contributed by atoms with Crippen molar-refractivity contribution in [2.45, 2.75) is 45.6 Å². The third-order valence-corrected chi connectivity index (χ3v) is 5.32. The summed E-state index contributed by atoms with van der Waals surface area (Å²) in [6.45, 7) is 8.07. The molecule has 1 aliphatic rings. The first-order valence-electron chi connectivity index (χ1n) is 10.5. The molecule has 30 heavy (non-hydrogen) atoms. The fraction of sp³-hybridized carbons (Fsp3) is 0.391. The van der Waals surface area contributed by atoms with E-state index < -0.39 is 0 Å². The Labute approximate surface area is 176 Å². The van der Waals surface area contributed by atoms with Crippen LogP contribution in [0.4, 0.5) is 10.3 Å². The molecule has 3 heterocycles. The van der Waals surface area contributed by atoms with Crippen LogP contribution in [0, 0.1) is 12.7 Å². The Hall–Kier alpha value is -2.93. The van der Waals surface area contributed by atoms with E-state index in [1.807, 2.05) is 27.0 Å². The molecule has 0 aliphatic carbocycles. The number of aromatic nitrogens is 4. The van der Waals surface area contributed by atoms with Crippen LogP contribution >= 0.6 is 0 Å². The van der Waals surface area contributed by atoms with Crippen molar-refractivity contribution in [1.82, 2.24) is 25.3 Å². The van der Waals surface area contributed by atoms with E-state index in [0.29, 0.717) is 11.9 Å². The minimum absolute atomic E-state index is 0.203. The average Bonchev–Trinajstić information content (AvgIpc) is 2.75. The van der Waals surface area contributed by atoms with E-state index in [1.54, 1.807) is 18.3 Å². The number of halogens is 1. The van der Waals surface area contributed by atoms with Gasteiger partial charge in [0.05, 0.1) is 11.4 Å². The molecule has 1 aromatic carbocycles. The normalized spacial score (nSPS) is 14.8. The molecular weight excluding hydrogens is 379 g/mol. The monoisotopic (exact) mass is 406 g/mol. The summed E-state index contributed by atoms with van der Waals surface area (Å²) in [7, 11) is 0. The molecule has 0 radical (unpaired) electrons. The number of nitrogens with one attached hydrogen (secondary N) is 2. The number of aryl methyl sites for hydroxylation is 1. The van der Waals surface area contributed by atoms with Crippen molar-refractivity contribution in [3.05, 3.63) is 54.0 Å². The molecule has 0 spiro atoms. The van der Waals surface area contributed by atoms with Gasteiger partial charge in [0.25, 0.3) is 0 Å². The zero-order chi connectivity index (χ0) is 21.1. The van der Waals surface area contributed by atoms with Gasteiger partial charge in [-0.2, -0.15) is 0 Å². The van der Waals surface area contributed by atoms with Gasteiger partial charge in [0, 0.05) is 35.5 Å². The lowest BCUT2D eigenvalue weighted by atomic mass is 9.96. The highest BCUT2D eigenvalue weighted by Gasteiger charge is 2.21. The van der Waals surface area contributed by atoms with Crippen LogP contribution in [0.2, 0.25) is 0 Å². The van der Waals surface area contributed by atoms with Gasteiger partial charge in [-0.15, -0.1) is 0 Å².